The van der Waals surface area contributed by atoms with Crippen LogP contribution in [0.5, 0.6) is 0 Å². The van der Waals surface area contributed by atoms with Gasteiger partial charge in [-0.1, -0.05) is 6.07 Å². The molecule has 122 valence electrons. The Bertz CT molecular complexity index is 1160. The minimum Gasteiger partial charge on any atom is -0.353 e. The van der Waals surface area contributed by atoms with E-state index in [1.165, 1.54) is 0 Å². The molecule has 0 atom stereocenters. The Morgan fingerprint density at radius 1 is 1.12 bits per heavy atom. The van der Waals surface area contributed by atoms with Crippen molar-refractivity contribution in [2.45, 2.75) is 6.92 Å². The first-order valence-corrected chi connectivity index (χ1v) is 7.95. The monoisotopic (exact) mass is 329 g/mol. The Morgan fingerprint density at radius 3 is 2.88 bits per heavy atom. The highest BCUT2D eigenvalue weighted by Gasteiger charge is 2.12. The van der Waals surface area contributed by atoms with Crippen molar-refractivity contribution < 1.29 is 0 Å². The number of nitrogens with zero attached hydrogens (tertiary/aromatic N) is 4. The molecule has 0 unspecified atom stereocenters. The van der Waals surface area contributed by atoms with Crippen molar-refractivity contribution in [3.8, 4) is 28.3 Å². The summed E-state index contributed by atoms with van der Waals surface area (Å²) in [5.74, 6) is 0. The van der Waals surface area contributed by atoms with Crippen LogP contribution in [-0.2, 0) is 0 Å². The molecule has 7 heteroatoms. The third-order valence-corrected chi connectivity index (χ3v) is 4.29. The van der Waals surface area contributed by atoms with E-state index in [0.29, 0.717) is 0 Å². The van der Waals surface area contributed by atoms with Crippen molar-refractivity contribution in [2.75, 3.05) is 0 Å². The predicted octanol–water partition coefficient (Wildman–Crippen LogP) is 3.44. The fourth-order valence-corrected chi connectivity index (χ4v) is 3.06. The topological polar surface area (TPSA) is 91.0 Å². The van der Waals surface area contributed by atoms with Crippen LogP contribution in [0.1, 0.15) is 5.69 Å². The number of aromatic amines is 3. The molecule has 0 spiro atoms. The van der Waals surface area contributed by atoms with Gasteiger partial charge in [0.2, 0.25) is 0 Å². The van der Waals surface area contributed by atoms with Gasteiger partial charge in [-0.2, -0.15) is 10.2 Å². The maximum Gasteiger partial charge on any atom is 0.109 e. The van der Waals surface area contributed by atoms with Gasteiger partial charge in [0.05, 0.1) is 35.3 Å². The standard InChI is InChI=1S/C18H15N7/c1-11-9-25(10-19-11)18-4-2-3-14-13(18)5-16(22-14)17-6-15(23-24-17)12-7-20-21-8-12/h2-10,22H,1H3,(H,20,21)(H,23,24). The molecule has 4 heterocycles. The maximum atomic E-state index is 4.43. The normalized spacial score (nSPS) is 11.4. The van der Waals surface area contributed by atoms with Gasteiger partial charge in [0.15, 0.2) is 0 Å². The van der Waals surface area contributed by atoms with Gasteiger partial charge >= 0.3 is 0 Å². The molecule has 0 saturated heterocycles. The lowest BCUT2D eigenvalue weighted by atomic mass is 10.2. The van der Waals surface area contributed by atoms with Crippen LogP contribution >= 0.6 is 0 Å². The van der Waals surface area contributed by atoms with Gasteiger partial charge in [-0.3, -0.25) is 10.2 Å². The lowest BCUT2D eigenvalue weighted by molar-refractivity contribution is 1.07. The van der Waals surface area contributed by atoms with Crippen LogP contribution in [0.4, 0.5) is 0 Å². The minimum atomic E-state index is 0.861. The van der Waals surface area contributed by atoms with E-state index in [9.17, 15) is 0 Å². The zero-order valence-corrected chi connectivity index (χ0v) is 13.5. The fourth-order valence-electron chi connectivity index (χ4n) is 3.06. The zero-order valence-electron chi connectivity index (χ0n) is 13.5. The summed E-state index contributed by atoms with van der Waals surface area (Å²) in [4.78, 5) is 7.77. The predicted molar refractivity (Wildman–Crippen MR) is 95.3 cm³/mol. The van der Waals surface area contributed by atoms with E-state index in [0.717, 1.165) is 44.9 Å². The Hall–Kier alpha value is -3.61. The lowest BCUT2D eigenvalue weighted by Gasteiger charge is -2.03. The van der Waals surface area contributed by atoms with Crippen molar-refractivity contribution in [3.63, 3.8) is 0 Å². The number of hydrogen-bond donors (Lipinski definition) is 3. The molecule has 0 aliphatic rings. The number of rotatable bonds is 3. The number of fused-ring (bicyclic) bond motifs is 1. The number of benzene rings is 1. The molecule has 25 heavy (non-hydrogen) atoms. The number of aryl methyl sites for hydroxylation is 1. The highest BCUT2D eigenvalue weighted by Crippen LogP contribution is 2.29. The highest BCUT2D eigenvalue weighted by molar-refractivity contribution is 5.92. The molecule has 0 saturated carbocycles. The summed E-state index contributed by atoms with van der Waals surface area (Å²) in [5, 5.41) is 15.4. The number of hydrogen-bond acceptors (Lipinski definition) is 3. The van der Waals surface area contributed by atoms with Crippen molar-refractivity contribution in [3.05, 3.63) is 60.9 Å². The molecule has 7 nitrogen and oxygen atoms in total. The number of H-pyrrole nitrogens is 3. The van der Waals surface area contributed by atoms with E-state index in [1.807, 2.05) is 42.3 Å². The van der Waals surface area contributed by atoms with Crippen molar-refractivity contribution in [1.82, 2.24) is 34.9 Å². The Morgan fingerprint density at radius 2 is 2.08 bits per heavy atom. The summed E-state index contributed by atoms with van der Waals surface area (Å²) in [5.41, 5.74) is 6.87. The summed E-state index contributed by atoms with van der Waals surface area (Å²) < 4.78 is 2.04. The van der Waals surface area contributed by atoms with E-state index in [1.54, 1.807) is 6.20 Å². The van der Waals surface area contributed by atoms with Crippen LogP contribution in [0.25, 0.3) is 39.2 Å². The average molecular weight is 329 g/mol. The Labute approximate surface area is 142 Å². The van der Waals surface area contributed by atoms with Crippen LogP contribution in [-0.4, -0.2) is 34.9 Å². The van der Waals surface area contributed by atoms with Crippen LogP contribution in [0.2, 0.25) is 0 Å². The summed E-state index contributed by atoms with van der Waals surface area (Å²) in [6.07, 6.45) is 7.46. The van der Waals surface area contributed by atoms with E-state index in [2.05, 4.69) is 48.6 Å². The van der Waals surface area contributed by atoms with E-state index >= 15 is 0 Å². The van der Waals surface area contributed by atoms with Gasteiger partial charge in [-0.05, 0) is 31.2 Å². The van der Waals surface area contributed by atoms with Gasteiger partial charge in [0.25, 0.3) is 0 Å². The maximum absolute atomic E-state index is 4.43. The molecule has 0 aliphatic carbocycles. The van der Waals surface area contributed by atoms with E-state index in [-0.39, 0.29) is 0 Å². The third-order valence-electron chi connectivity index (χ3n) is 4.29. The lowest BCUT2D eigenvalue weighted by Crippen LogP contribution is -1.89. The van der Waals surface area contributed by atoms with Gasteiger partial charge in [0.1, 0.15) is 5.69 Å². The first kappa shape index (κ1) is 13.8. The molecule has 1 aromatic carbocycles. The molecule has 0 radical (unpaired) electrons. The summed E-state index contributed by atoms with van der Waals surface area (Å²) in [7, 11) is 0. The van der Waals surface area contributed by atoms with E-state index < -0.39 is 0 Å². The van der Waals surface area contributed by atoms with Gasteiger partial charge < -0.3 is 9.55 Å². The van der Waals surface area contributed by atoms with Crippen molar-refractivity contribution in [1.29, 1.82) is 0 Å². The van der Waals surface area contributed by atoms with E-state index in [4.69, 9.17) is 0 Å². The Balaban J connectivity index is 1.61. The smallest absolute Gasteiger partial charge is 0.109 e. The second kappa shape index (κ2) is 5.20. The molecule has 4 aromatic heterocycles. The minimum absolute atomic E-state index is 0.861. The van der Waals surface area contributed by atoms with Gasteiger partial charge in [0, 0.05) is 28.9 Å². The molecule has 0 fully saturated rings. The molecule has 0 amide bonds. The zero-order chi connectivity index (χ0) is 16.8. The number of nitrogens with one attached hydrogen (secondary N) is 3. The molecular formula is C18H15N7. The summed E-state index contributed by atoms with van der Waals surface area (Å²) in [6, 6.07) is 10.3. The largest absolute Gasteiger partial charge is 0.353 e. The molecule has 0 aliphatic heterocycles. The quantitative estimate of drug-likeness (QED) is 0.473. The Kier molecular flexibility index (Phi) is 2.87. The molecular weight excluding hydrogens is 314 g/mol. The first-order chi connectivity index (χ1) is 12.3. The van der Waals surface area contributed by atoms with Crippen LogP contribution in [0.3, 0.4) is 0 Å². The summed E-state index contributed by atoms with van der Waals surface area (Å²) in [6.45, 7) is 1.99. The fraction of sp³-hybridized carbons (Fsp3) is 0.0556. The van der Waals surface area contributed by atoms with Crippen LogP contribution in [0.15, 0.2) is 55.2 Å². The van der Waals surface area contributed by atoms with Crippen LogP contribution < -0.4 is 0 Å². The third kappa shape index (κ3) is 2.25. The second-order valence-electron chi connectivity index (χ2n) is 6.00. The molecule has 3 N–H and O–H groups in total. The van der Waals surface area contributed by atoms with Crippen LogP contribution in [0, 0.1) is 6.92 Å². The highest BCUT2D eigenvalue weighted by atomic mass is 15.1. The van der Waals surface area contributed by atoms with Gasteiger partial charge in [-0.25, -0.2) is 4.98 Å². The molecule has 5 rings (SSSR count). The first-order valence-electron chi connectivity index (χ1n) is 7.95. The summed E-state index contributed by atoms with van der Waals surface area (Å²) >= 11 is 0. The SMILES string of the molecule is Cc1cn(-c2cccc3[nH]c(-c4cc(-c5cn[nH]c5)[nH]n4)cc23)cn1. The van der Waals surface area contributed by atoms with Crippen molar-refractivity contribution in [2.24, 2.45) is 0 Å². The number of aromatic nitrogens is 7. The average Bonchev–Trinajstić information content (AvgIpc) is 3.38. The van der Waals surface area contributed by atoms with Gasteiger partial charge in [-0.15, -0.1) is 0 Å². The number of imidazole rings is 1. The van der Waals surface area contributed by atoms with Crippen molar-refractivity contribution >= 4 is 10.9 Å². The molecule has 0 bridgehead atoms. The second-order valence-corrected chi connectivity index (χ2v) is 6.00. The molecule has 5 aromatic rings.